The molecule has 1 amide bonds. The van der Waals surface area contributed by atoms with E-state index in [1.165, 1.54) is 16.7 Å². The van der Waals surface area contributed by atoms with Crippen molar-refractivity contribution in [2.75, 3.05) is 25.5 Å². The third-order valence-corrected chi connectivity index (χ3v) is 6.48. The molecule has 148 valence electrons. The predicted molar refractivity (Wildman–Crippen MR) is 113 cm³/mol. The number of likely N-dealkylation sites (tertiary alicyclic amines) is 1. The number of carbonyl (C=O) groups excluding carboxylic acids is 1. The summed E-state index contributed by atoms with van der Waals surface area (Å²) in [5, 5.41) is 0. The number of rotatable bonds is 5. The highest BCUT2D eigenvalue weighted by Crippen LogP contribution is 2.38. The lowest BCUT2D eigenvalue weighted by atomic mass is 10.0. The molecule has 2 heterocycles. The average molecular weight is 398 g/mol. The van der Waals surface area contributed by atoms with Crippen molar-refractivity contribution in [3.63, 3.8) is 0 Å². The number of benzene rings is 2. The number of amides is 1. The summed E-state index contributed by atoms with van der Waals surface area (Å²) in [4.78, 5) is 15.0. The van der Waals surface area contributed by atoms with Gasteiger partial charge in [0.15, 0.2) is 11.5 Å². The lowest BCUT2D eigenvalue weighted by Crippen LogP contribution is -2.32. The van der Waals surface area contributed by atoms with Gasteiger partial charge in [-0.3, -0.25) is 4.79 Å². The van der Waals surface area contributed by atoms with Crippen LogP contribution in [0.15, 0.2) is 36.4 Å². The zero-order valence-electron chi connectivity index (χ0n) is 16.6. The molecule has 28 heavy (non-hydrogen) atoms. The lowest BCUT2D eigenvalue weighted by molar-refractivity contribution is -0.129. The van der Waals surface area contributed by atoms with Crippen molar-refractivity contribution in [2.24, 2.45) is 0 Å². The van der Waals surface area contributed by atoms with Gasteiger partial charge in [-0.05, 0) is 55.5 Å². The van der Waals surface area contributed by atoms with Gasteiger partial charge in [0.2, 0.25) is 5.91 Å². The Morgan fingerprint density at radius 3 is 2.79 bits per heavy atom. The molecule has 0 aliphatic carbocycles. The van der Waals surface area contributed by atoms with Crippen molar-refractivity contribution in [1.82, 2.24) is 4.90 Å². The molecule has 1 saturated heterocycles. The highest BCUT2D eigenvalue weighted by Gasteiger charge is 2.30. The van der Waals surface area contributed by atoms with Gasteiger partial charge in [0.1, 0.15) is 13.2 Å². The third kappa shape index (κ3) is 4.14. The Morgan fingerprint density at radius 2 is 1.93 bits per heavy atom. The van der Waals surface area contributed by atoms with Crippen molar-refractivity contribution in [2.45, 2.75) is 38.5 Å². The Hall–Kier alpha value is -2.14. The second-order valence-electron chi connectivity index (χ2n) is 7.57. The number of nitrogens with zero attached hydrogens (tertiary/aromatic N) is 1. The van der Waals surface area contributed by atoms with Crippen molar-refractivity contribution in [1.29, 1.82) is 0 Å². The van der Waals surface area contributed by atoms with Gasteiger partial charge in [-0.2, -0.15) is 0 Å². The summed E-state index contributed by atoms with van der Waals surface area (Å²) in [6, 6.07) is 12.8. The van der Waals surface area contributed by atoms with Gasteiger partial charge in [-0.1, -0.05) is 29.8 Å². The summed E-state index contributed by atoms with van der Waals surface area (Å²) in [5.74, 6) is 3.23. The van der Waals surface area contributed by atoms with Crippen LogP contribution in [0.3, 0.4) is 0 Å². The van der Waals surface area contributed by atoms with Crippen LogP contribution in [0.4, 0.5) is 0 Å². The maximum Gasteiger partial charge on any atom is 0.233 e. The topological polar surface area (TPSA) is 38.8 Å². The van der Waals surface area contributed by atoms with E-state index < -0.39 is 0 Å². The number of carbonyl (C=O) groups is 1. The second-order valence-corrected chi connectivity index (χ2v) is 8.56. The molecular formula is C23H27NO3S. The van der Waals surface area contributed by atoms with Gasteiger partial charge < -0.3 is 14.4 Å². The molecule has 0 radical (unpaired) electrons. The molecule has 1 unspecified atom stereocenters. The molecule has 0 N–H and O–H groups in total. The predicted octanol–water partition coefficient (Wildman–Crippen LogP) is 4.67. The standard InChI is InChI=1S/C23H27NO3S/c1-16-5-6-17(2)19(12-16)14-28-15-23(25)24-9-3-4-20(24)18-7-8-21-22(13-18)27-11-10-26-21/h5-8,12-13,20H,3-4,9-11,14-15H2,1-2H3. The molecular weight excluding hydrogens is 370 g/mol. The largest absolute Gasteiger partial charge is 0.486 e. The molecule has 4 rings (SSSR count). The maximum atomic E-state index is 12.9. The van der Waals surface area contributed by atoms with E-state index in [1.54, 1.807) is 11.8 Å². The molecule has 5 heteroatoms. The molecule has 2 aliphatic rings. The number of hydrogen-bond acceptors (Lipinski definition) is 4. The third-order valence-electron chi connectivity index (χ3n) is 5.51. The van der Waals surface area contributed by atoms with Crippen LogP contribution in [0.2, 0.25) is 0 Å². The Morgan fingerprint density at radius 1 is 1.11 bits per heavy atom. The highest BCUT2D eigenvalue weighted by molar-refractivity contribution is 7.99. The zero-order valence-corrected chi connectivity index (χ0v) is 17.4. The molecule has 0 aromatic heterocycles. The Labute approximate surface area is 171 Å². The van der Waals surface area contributed by atoms with Gasteiger partial charge in [0, 0.05) is 12.3 Å². The molecule has 2 aromatic rings. The van der Waals surface area contributed by atoms with E-state index in [4.69, 9.17) is 9.47 Å². The van der Waals surface area contributed by atoms with E-state index in [1.807, 2.05) is 17.0 Å². The van der Waals surface area contributed by atoms with E-state index in [0.29, 0.717) is 19.0 Å². The molecule has 1 atom stereocenters. The average Bonchev–Trinajstić information content (AvgIpc) is 3.20. The summed E-state index contributed by atoms with van der Waals surface area (Å²) in [6.07, 6.45) is 2.06. The van der Waals surface area contributed by atoms with Crippen LogP contribution in [0.25, 0.3) is 0 Å². The molecule has 0 bridgehead atoms. The van der Waals surface area contributed by atoms with Gasteiger partial charge in [0.05, 0.1) is 11.8 Å². The van der Waals surface area contributed by atoms with E-state index in [2.05, 4.69) is 38.1 Å². The van der Waals surface area contributed by atoms with Gasteiger partial charge >= 0.3 is 0 Å². The molecule has 2 aromatic carbocycles. The van der Waals surface area contributed by atoms with Crippen molar-refractivity contribution in [3.8, 4) is 11.5 Å². The van der Waals surface area contributed by atoms with Gasteiger partial charge in [-0.15, -0.1) is 11.8 Å². The Bertz CT molecular complexity index is 867. The maximum absolute atomic E-state index is 12.9. The van der Waals surface area contributed by atoms with E-state index in [-0.39, 0.29) is 11.9 Å². The summed E-state index contributed by atoms with van der Waals surface area (Å²) in [6.45, 7) is 6.26. The van der Waals surface area contributed by atoms with Crippen molar-refractivity contribution >= 4 is 17.7 Å². The van der Waals surface area contributed by atoms with Crippen LogP contribution < -0.4 is 9.47 Å². The fraction of sp³-hybridized carbons (Fsp3) is 0.435. The lowest BCUT2D eigenvalue weighted by Gasteiger charge is -2.26. The van der Waals surface area contributed by atoms with E-state index in [9.17, 15) is 4.79 Å². The van der Waals surface area contributed by atoms with Crippen LogP contribution in [0.5, 0.6) is 11.5 Å². The fourth-order valence-corrected chi connectivity index (χ4v) is 4.94. The van der Waals surface area contributed by atoms with E-state index in [0.717, 1.165) is 42.2 Å². The summed E-state index contributed by atoms with van der Waals surface area (Å²) in [5.41, 5.74) is 5.03. The van der Waals surface area contributed by atoms with Crippen molar-refractivity contribution < 1.29 is 14.3 Å². The highest BCUT2D eigenvalue weighted by atomic mass is 32.2. The first kappa shape index (κ1) is 19.2. The van der Waals surface area contributed by atoms with Gasteiger partial charge in [0.25, 0.3) is 0 Å². The minimum Gasteiger partial charge on any atom is -0.486 e. The monoisotopic (exact) mass is 397 g/mol. The summed E-state index contributed by atoms with van der Waals surface area (Å²) in [7, 11) is 0. The molecule has 2 aliphatic heterocycles. The number of fused-ring (bicyclic) bond motifs is 1. The first-order valence-corrected chi connectivity index (χ1v) is 11.1. The number of aryl methyl sites for hydroxylation is 2. The molecule has 4 nitrogen and oxygen atoms in total. The van der Waals surface area contributed by atoms with Crippen LogP contribution in [0, 0.1) is 13.8 Å². The van der Waals surface area contributed by atoms with Crippen LogP contribution in [0.1, 0.15) is 41.1 Å². The number of thioether (sulfide) groups is 1. The van der Waals surface area contributed by atoms with Crippen LogP contribution in [-0.4, -0.2) is 36.3 Å². The van der Waals surface area contributed by atoms with Crippen LogP contribution in [-0.2, 0) is 10.5 Å². The Balaban J connectivity index is 1.39. The van der Waals surface area contributed by atoms with Crippen molar-refractivity contribution in [3.05, 3.63) is 58.7 Å². The molecule has 0 saturated carbocycles. The van der Waals surface area contributed by atoms with Gasteiger partial charge in [-0.25, -0.2) is 0 Å². The summed E-state index contributed by atoms with van der Waals surface area (Å²) < 4.78 is 11.3. The smallest absolute Gasteiger partial charge is 0.233 e. The molecule has 1 fully saturated rings. The molecule has 0 spiro atoms. The first-order chi connectivity index (χ1) is 13.6. The van der Waals surface area contributed by atoms with Crippen LogP contribution >= 0.6 is 11.8 Å². The normalized spacial score (nSPS) is 18.4. The fourth-order valence-electron chi connectivity index (χ4n) is 3.97. The van der Waals surface area contributed by atoms with E-state index >= 15 is 0 Å². The summed E-state index contributed by atoms with van der Waals surface area (Å²) >= 11 is 1.71. The zero-order chi connectivity index (χ0) is 19.5. The minimum atomic E-state index is 0.143. The number of ether oxygens (including phenoxy) is 2. The minimum absolute atomic E-state index is 0.143. The number of hydrogen-bond donors (Lipinski definition) is 0. The SMILES string of the molecule is Cc1ccc(C)c(CSCC(=O)N2CCCC2c2ccc3c(c2)OCCO3)c1. The quantitative estimate of drug-likeness (QED) is 0.735. The second kappa shape index (κ2) is 8.48. The first-order valence-electron chi connectivity index (χ1n) is 9.95. The Kier molecular flexibility index (Phi) is 5.81.